The molecule has 2 saturated heterocycles. The lowest BCUT2D eigenvalue weighted by Crippen LogP contribution is -2.49. The van der Waals surface area contributed by atoms with Crippen molar-refractivity contribution in [1.29, 1.82) is 0 Å². The Bertz CT molecular complexity index is 426. The number of likely N-dealkylation sites (tertiary alicyclic amines) is 1. The number of ether oxygens (including phenoxy) is 1. The zero-order valence-corrected chi connectivity index (χ0v) is 13.3. The average Bonchev–Trinajstić information content (AvgIpc) is 3.03. The minimum atomic E-state index is -0.811. The van der Waals surface area contributed by atoms with Gasteiger partial charge in [-0.05, 0) is 25.7 Å². The maximum atomic E-state index is 12.6. The van der Waals surface area contributed by atoms with E-state index in [4.69, 9.17) is 4.74 Å². The molecule has 0 radical (unpaired) electrons. The molecule has 2 aliphatic heterocycles. The lowest BCUT2D eigenvalue weighted by atomic mass is 9.76. The highest BCUT2D eigenvalue weighted by Gasteiger charge is 2.49. The molecule has 0 aromatic carbocycles. The lowest BCUT2D eigenvalue weighted by molar-refractivity contribution is -0.150. The summed E-state index contributed by atoms with van der Waals surface area (Å²) < 4.78 is 5.51. The van der Waals surface area contributed by atoms with Gasteiger partial charge < -0.3 is 19.6 Å². The van der Waals surface area contributed by atoms with Crippen LogP contribution in [0.15, 0.2) is 0 Å². The molecule has 3 atom stereocenters. The maximum absolute atomic E-state index is 12.6. The molecule has 0 spiro atoms. The molecule has 0 aromatic rings. The average molecular weight is 298 g/mol. The smallest absolute Gasteiger partial charge is 0.320 e. The van der Waals surface area contributed by atoms with Crippen molar-refractivity contribution in [3.8, 4) is 0 Å². The second-order valence-corrected chi connectivity index (χ2v) is 6.61. The summed E-state index contributed by atoms with van der Waals surface area (Å²) in [5.41, 5.74) is -0.811. The van der Waals surface area contributed by atoms with Crippen molar-refractivity contribution in [2.24, 2.45) is 11.3 Å². The van der Waals surface area contributed by atoms with Gasteiger partial charge in [0.25, 0.3) is 0 Å². The predicted molar refractivity (Wildman–Crippen MR) is 78.1 cm³/mol. The number of hydrogen-bond donors (Lipinski definition) is 1. The van der Waals surface area contributed by atoms with Crippen LogP contribution in [0.2, 0.25) is 0 Å². The quantitative estimate of drug-likeness (QED) is 0.860. The van der Waals surface area contributed by atoms with Crippen LogP contribution in [0.4, 0.5) is 4.79 Å². The standard InChI is InChI=1S/C15H26N2O4/c1-10(2)15(13(18)19)6-7-17(9-15)14(20)16(4)12-5-8-21-11(12)3/h10-12H,5-9H2,1-4H3,(H,18,19). The first-order chi connectivity index (χ1) is 9.79. The van der Waals surface area contributed by atoms with Crippen LogP contribution in [0.25, 0.3) is 0 Å². The summed E-state index contributed by atoms with van der Waals surface area (Å²) >= 11 is 0. The van der Waals surface area contributed by atoms with Gasteiger partial charge in [0.2, 0.25) is 0 Å². The van der Waals surface area contributed by atoms with Gasteiger partial charge in [-0.2, -0.15) is 0 Å². The van der Waals surface area contributed by atoms with E-state index < -0.39 is 11.4 Å². The topological polar surface area (TPSA) is 70.1 Å². The zero-order valence-electron chi connectivity index (χ0n) is 13.3. The number of aliphatic carboxylic acids is 1. The third-order valence-corrected chi connectivity index (χ3v) is 5.24. The van der Waals surface area contributed by atoms with E-state index >= 15 is 0 Å². The van der Waals surface area contributed by atoms with Gasteiger partial charge in [-0.3, -0.25) is 4.79 Å². The van der Waals surface area contributed by atoms with E-state index in [2.05, 4.69) is 0 Å². The third-order valence-electron chi connectivity index (χ3n) is 5.24. The highest BCUT2D eigenvalue weighted by molar-refractivity contribution is 5.80. The highest BCUT2D eigenvalue weighted by Crippen LogP contribution is 2.38. The minimum Gasteiger partial charge on any atom is -0.481 e. The molecule has 0 saturated carbocycles. The van der Waals surface area contributed by atoms with E-state index in [0.717, 1.165) is 6.42 Å². The maximum Gasteiger partial charge on any atom is 0.320 e. The molecule has 0 bridgehead atoms. The Labute approximate surface area is 126 Å². The van der Waals surface area contributed by atoms with Crippen molar-refractivity contribution < 1.29 is 19.4 Å². The number of urea groups is 1. The molecule has 120 valence electrons. The van der Waals surface area contributed by atoms with Crippen molar-refractivity contribution in [2.45, 2.75) is 45.8 Å². The van der Waals surface area contributed by atoms with Gasteiger partial charge in [0, 0.05) is 26.7 Å². The number of likely N-dealkylation sites (N-methyl/N-ethyl adjacent to an activating group) is 1. The van der Waals surface area contributed by atoms with Crippen LogP contribution in [0.1, 0.15) is 33.6 Å². The summed E-state index contributed by atoms with van der Waals surface area (Å²) in [4.78, 5) is 27.7. The van der Waals surface area contributed by atoms with E-state index in [1.54, 1.807) is 16.8 Å². The second kappa shape index (κ2) is 5.83. The van der Waals surface area contributed by atoms with Crippen molar-refractivity contribution in [3.05, 3.63) is 0 Å². The van der Waals surface area contributed by atoms with Gasteiger partial charge >= 0.3 is 12.0 Å². The fourth-order valence-corrected chi connectivity index (χ4v) is 3.48. The van der Waals surface area contributed by atoms with Crippen LogP contribution < -0.4 is 0 Å². The number of carbonyl (C=O) groups is 2. The van der Waals surface area contributed by atoms with E-state index in [1.807, 2.05) is 20.8 Å². The molecule has 6 heteroatoms. The number of rotatable bonds is 3. The molecule has 2 aliphatic rings. The van der Waals surface area contributed by atoms with Crippen LogP contribution in [-0.2, 0) is 9.53 Å². The Balaban J connectivity index is 2.06. The van der Waals surface area contributed by atoms with E-state index in [-0.39, 0.29) is 24.1 Å². The van der Waals surface area contributed by atoms with Crippen molar-refractivity contribution in [3.63, 3.8) is 0 Å². The van der Waals surface area contributed by atoms with E-state index in [1.165, 1.54) is 0 Å². The summed E-state index contributed by atoms with van der Waals surface area (Å²) in [6.45, 7) is 7.29. The molecule has 6 nitrogen and oxygen atoms in total. The normalized spacial score (nSPS) is 32.7. The number of hydrogen-bond acceptors (Lipinski definition) is 3. The molecule has 21 heavy (non-hydrogen) atoms. The molecular formula is C15H26N2O4. The Morgan fingerprint density at radius 1 is 1.43 bits per heavy atom. The van der Waals surface area contributed by atoms with Crippen LogP contribution >= 0.6 is 0 Å². The first-order valence-electron chi connectivity index (χ1n) is 7.66. The van der Waals surface area contributed by atoms with Gasteiger partial charge in [0.1, 0.15) is 0 Å². The van der Waals surface area contributed by atoms with Gasteiger partial charge in [0.15, 0.2) is 0 Å². The molecule has 0 aromatic heterocycles. The summed E-state index contributed by atoms with van der Waals surface area (Å²) in [5, 5.41) is 9.55. The van der Waals surface area contributed by atoms with Crippen LogP contribution in [0.3, 0.4) is 0 Å². The van der Waals surface area contributed by atoms with Crippen molar-refractivity contribution in [1.82, 2.24) is 9.80 Å². The first kappa shape index (κ1) is 16.1. The fourth-order valence-electron chi connectivity index (χ4n) is 3.48. The van der Waals surface area contributed by atoms with Gasteiger partial charge in [0.05, 0.1) is 17.6 Å². The second-order valence-electron chi connectivity index (χ2n) is 6.61. The molecule has 2 rings (SSSR count). The van der Waals surface area contributed by atoms with E-state index in [0.29, 0.717) is 26.1 Å². The largest absolute Gasteiger partial charge is 0.481 e. The molecule has 0 aliphatic carbocycles. The fraction of sp³-hybridized carbons (Fsp3) is 0.867. The van der Waals surface area contributed by atoms with Crippen LogP contribution in [0, 0.1) is 11.3 Å². The summed E-state index contributed by atoms with van der Waals surface area (Å²) in [6.07, 6.45) is 1.40. The predicted octanol–water partition coefficient (Wildman–Crippen LogP) is 1.65. The number of carboxylic acids is 1. The summed E-state index contributed by atoms with van der Waals surface area (Å²) in [7, 11) is 1.79. The summed E-state index contributed by atoms with van der Waals surface area (Å²) in [6, 6.07) is -0.00231. The number of carbonyl (C=O) groups excluding carboxylic acids is 1. The molecule has 2 heterocycles. The van der Waals surface area contributed by atoms with Crippen molar-refractivity contribution in [2.75, 3.05) is 26.7 Å². The van der Waals surface area contributed by atoms with Crippen LogP contribution in [0.5, 0.6) is 0 Å². The molecule has 2 amide bonds. The van der Waals surface area contributed by atoms with Crippen molar-refractivity contribution >= 4 is 12.0 Å². The molecule has 3 unspecified atom stereocenters. The van der Waals surface area contributed by atoms with Gasteiger partial charge in [-0.25, -0.2) is 4.79 Å². The van der Waals surface area contributed by atoms with E-state index in [9.17, 15) is 14.7 Å². The highest BCUT2D eigenvalue weighted by atomic mass is 16.5. The Hall–Kier alpha value is -1.30. The Morgan fingerprint density at radius 2 is 2.10 bits per heavy atom. The number of nitrogens with zero attached hydrogens (tertiary/aromatic N) is 2. The first-order valence-corrected chi connectivity index (χ1v) is 7.66. The summed E-state index contributed by atoms with van der Waals surface area (Å²) in [5.74, 6) is -0.792. The lowest BCUT2D eigenvalue weighted by Gasteiger charge is -2.33. The molecule has 2 fully saturated rings. The minimum absolute atomic E-state index is 0.00634. The molecular weight excluding hydrogens is 272 g/mol. The number of amides is 2. The zero-order chi connectivity index (χ0) is 15.8. The van der Waals surface area contributed by atoms with Crippen LogP contribution in [-0.4, -0.2) is 65.8 Å². The molecule has 1 N–H and O–H groups in total. The Morgan fingerprint density at radius 3 is 2.52 bits per heavy atom. The Kier molecular flexibility index (Phi) is 4.46. The third kappa shape index (κ3) is 2.73. The van der Waals surface area contributed by atoms with Gasteiger partial charge in [-0.15, -0.1) is 0 Å². The monoisotopic (exact) mass is 298 g/mol. The SMILES string of the molecule is CC1OCCC1N(C)C(=O)N1CCC(C(=O)O)(C(C)C)C1. The number of carboxylic acid groups (broad SMARTS) is 1. The van der Waals surface area contributed by atoms with Gasteiger partial charge in [-0.1, -0.05) is 13.8 Å².